The number of para-hydroxylation sites is 1. The maximum atomic E-state index is 12.3. The van der Waals surface area contributed by atoms with Crippen LogP contribution in [0.15, 0.2) is 42.5 Å². The number of anilines is 1. The van der Waals surface area contributed by atoms with Crippen molar-refractivity contribution in [3.63, 3.8) is 0 Å². The Hall–Kier alpha value is -2.71. The second-order valence-corrected chi connectivity index (χ2v) is 10.7. The number of imidazole rings is 1. The van der Waals surface area contributed by atoms with Gasteiger partial charge in [0.15, 0.2) is 5.78 Å². The SMILES string of the molecule is CS(=O)(=O)CCN1CCN(c2ccc(-c3nc4cccc5c4n3CCC5=O)cc2)CC1. The number of sulfone groups is 1. The number of hydrogen-bond donors (Lipinski definition) is 0. The molecule has 0 N–H and O–H groups in total. The molecule has 162 valence electrons. The molecular weight excluding hydrogens is 412 g/mol. The number of hydrogen-bond acceptors (Lipinski definition) is 6. The topological polar surface area (TPSA) is 75.5 Å². The number of aryl methyl sites for hydroxylation is 1. The van der Waals surface area contributed by atoms with Gasteiger partial charge in [0.2, 0.25) is 0 Å². The van der Waals surface area contributed by atoms with Gasteiger partial charge in [-0.3, -0.25) is 9.69 Å². The fourth-order valence-electron chi connectivity index (χ4n) is 4.54. The van der Waals surface area contributed by atoms with Crippen molar-refractivity contribution in [2.45, 2.75) is 13.0 Å². The van der Waals surface area contributed by atoms with Crippen molar-refractivity contribution in [2.24, 2.45) is 0 Å². The Labute approximate surface area is 182 Å². The van der Waals surface area contributed by atoms with Gasteiger partial charge < -0.3 is 9.47 Å². The van der Waals surface area contributed by atoms with E-state index in [9.17, 15) is 13.2 Å². The van der Waals surface area contributed by atoms with E-state index in [-0.39, 0.29) is 11.5 Å². The highest BCUT2D eigenvalue weighted by Gasteiger charge is 2.24. The summed E-state index contributed by atoms with van der Waals surface area (Å²) in [6.07, 6.45) is 1.80. The van der Waals surface area contributed by atoms with Gasteiger partial charge in [0, 0.05) is 68.8 Å². The van der Waals surface area contributed by atoms with Crippen LogP contribution in [0.25, 0.3) is 22.4 Å². The number of aromatic nitrogens is 2. The summed E-state index contributed by atoms with van der Waals surface area (Å²) in [5, 5.41) is 0. The molecule has 0 unspecified atom stereocenters. The van der Waals surface area contributed by atoms with E-state index >= 15 is 0 Å². The van der Waals surface area contributed by atoms with Crippen molar-refractivity contribution in [3.8, 4) is 11.4 Å². The van der Waals surface area contributed by atoms with Crippen molar-refractivity contribution >= 4 is 32.3 Å². The lowest BCUT2D eigenvalue weighted by atomic mass is 10.0. The first-order valence-corrected chi connectivity index (χ1v) is 12.7. The van der Waals surface area contributed by atoms with Crippen LogP contribution in [0.2, 0.25) is 0 Å². The molecule has 31 heavy (non-hydrogen) atoms. The van der Waals surface area contributed by atoms with Crippen molar-refractivity contribution in [3.05, 3.63) is 48.0 Å². The summed E-state index contributed by atoms with van der Waals surface area (Å²) in [4.78, 5) is 21.6. The molecular formula is C23H26N4O3S. The van der Waals surface area contributed by atoms with Crippen LogP contribution in [-0.2, 0) is 16.4 Å². The minimum Gasteiger partial charge on any atom is -0.369 e. The normalized spacial score (nSPS) is 17.5. The Morgan fingerprint density at radius 1 is 0.968 bits per heavy atom. The molecule has 0 bridgehead atoms. The number of piperazine rings is 1. The molecule has 2 aromatic carbocycles. The molecule has 0 spiro atoms. The van der Waals surface area contributed by atoms with Gasteiger partial charge in [-0.2, -0.15) is 0 Å². The average molecular weight is 439 g/mol. The fraction of sp³-hybridized carbons (Fsp3) is 0.391. The van der Waals surface area contributed by atoms with Gasteiger partial charge in [-0.05, 0) is 36.4 Å². The van der Waals surface area contributed by atoms with E-state index in [0.29, 0.717) is 19.5 Å². The highest BCUT2D eigenvalue weighted by atomic mass is 32.2. The zero-order chi connectivity index (χ0) is 21.6. The maximum absolute atomic E-state index is 12.3. The van der Waals surface area contributed by atoms with Crippen molar-refractivity contribution in [2.75, 3.05) is 49.6 Å². The first kappa shape index (κ1) is 20.2. The smallest absolute Gasteiger partial charge is 0.166 e. The maximum Gasteiger partial charge on any atom is 0.166 e. The predicted octanol–water partition coefficient (Wildman–Crippen LogP) is 2.46. The van der Waals surface area contributed by atoms with Gasteiger partial charge >= 0.3 is 0 Å². The van der Waals surface area contributed by atoms with Crippen molar-refractivity contribution < 1.29 is 13.2 Å². The zero-order valence-electron chi connectivity index (χ0n) is 17.6. The number of nitrogens with zero attached hydrogens (tertiary/aromatic N) is 4. The number of ketones is 1. The van der Waals surface area contributed by atoms with Crippen LogP contribution >= 0.6 is 0 Å². The van der Waals surface area contributed by atoms with E-state index in [4.69, 9.17) is 4.98 Å². The molecule has 2 aliphatic heterocycles. The van der Waals surface area contributed by atoms with Crippen LogP contribution in [0, 0.1) is 0 Å². The van der Waals surface area contributed by atoms with Gasteiger partial charge in [0.1, 0.15) is 15.7 Å². The first-order chi connectivity index (χ1) is 14.9. The molecule has 8 heteroatoms. The Kier molecular flexibility index (Phi) is 5.06. The van der Waals surface area contributed by atoms with E-state index in [1.165, 1.54) is 6.26 Å². The first-order valence-electron chi connectivity index (χ1n) is 10.7. The van der Waals surface area contributed by atoms with Gasteiger partial charge in [-0.1, -0.05) is 6.07 Å². The van der Waals surface area contributed by atoms with E-state index in [2.05, 4.69) is 38.6 Å². The van der Waals surface area contributed by atoms with Gasteiger partial charge in [-0.25, -0.2) is 13.4 Å². The molecule has 0 radical (unpaired) electrons. The lowest BCUT2D eigenvalue weighted by molar-refractivity contribution is 0.0973. The summed E-state index contributed by atoms with van der Waals surface area (Å²) in [6, 6.07) is 14.2. The standard InChI is InChI=1S/C23H26N4O3S/c1-31(29,30)16-15-25-11-13-26(14-12-25)18-7-5-17(6-8-18)23-24-20-4-2-3-19-21(28)9-10-27(23)22(19)20/h2-8H,9-16H2,1H3. The van der Waals surface area contributed by atoms with E-state index in [0.717, 1.165) is 59.9 Å². The second-order valence-electron chi connectivity index (χ2n) is 8.44. The third kappa shape index (κ3) is 3.97. The molecule has 0 atom stereocenters. The predicted molar refractivity (Wildman–Crippen MR) is 122 cm³/mol. The number of carbonyl (C=O) groups is 1. The largest absolute Gasteiger partial charge is 0.369 e. The van der Waals surface area contributed by atoms with Crippen molar-refractivity contribution in [1.29, 1.82) is 0 Å². The summed E-state index contributed by atoms with van der Waals surface area (Å²) in [5.41, 5.74) is 4.80. The van der Waals surface area contributed by atoms with Crippen LogP contribution in [0.4, 0.5) is 5.69 Å². The quantitative estimate of drug-likeness (QED) is 0.609. The Morgan fingerprint density at radius 3 is 2.42 bits per heavy atom. The zero-order valence-corrected chi connectivity index (χ0v) is 18.4. The molecule has 0 saturated carbocycles. The van der Waals surface area contributed by atoms with Crippen LogP contribution in [0.3, 0.4) is 0 Å². The van der Waals surface area contributed by atoms with Crippen LogP contribution < -0.4 is 4.90 Å². The molecule has 0 aliphatic carbocycles. The molecule has 3 aromatic rings. The summed E-state index contributed by atoms with van der Waals surface area (Å²) < 4.78 is 24.9. The third-order valence-corrected chi connectivity index (χ3v) is 7.19. The summed E-state index contributed by atoms with van der Waals surface area (Å²) >= 11 is 0. The number of rotatable bonds is 5. The molecule has 2 aliphatic rings. The Morgan fingerprint density at radius 2 is 1.71 bits per heavy atom. The minimum absolute atomic E-state index is 0.190. The van der Waals surface area contributed by atoms with Gasteiger partial charge in [0.25, 0.3) is 0 Å². The molecule has 1 fully saturated rings. The molecule has 1 saturated heterocycles. The van der Waals surface area contributed by atoms with Crippen molar-refractivity contribution in [1.82, 2.24) is 14.5 Å². The summed E-state index contributed by atoms with van der Waals surface area (Å²) in [5.74, 6) is 1.32. The second kappa shape index (κ2) is 7.76. The molecule has 1 aromatic heterocycles. The van der Waals surface area contributed by atoms with Crippen LogP contribution in [0.5, 0.6) is 0 Å². The Balaban J connectivity index is 1.32. The monoisotopic (exact) mass is 438 g/mol. The van der Waals surface area contributed by atoms with Crippen LogP contribution in [0.1, 0.15) is 16.8 Å². The lowest BCUT2D eigenvalue weighted by Crippen LogP contribution is -2.47. The molecule has 0 amide bonds. The number of Topliss-reactive ketones (excluding diaryl/α,β-unsaturated/α-hetero) is 1. The molecule has 7 nitrogen and oxygen atoms in total. The van der Waals surface area contributed by atoms with Crippen LogP contribution in [-0.4, -0.2) is 73.4 Å². The fourth-order valence-corrected chi connectivity index (χ4v) is 5.13. The molecule has 5 rings (SSSR count). The van der Waals surface area contributed by atoms with Gasteiger partial charge in [-0.15, -0.1) is 0 Å². The lowest BCUT2D eigenvalue weighted by Gasteiger charge is -2.36. The van der Waals surface area contributed by atoms with Gasteiger partial charge in [0.05, 0.1) is 16.8 Å². The highest BCUT2D eigenvalue weighted by Crippen LogP contribution is 2.32. The van der Waals surface area contributed by atoms with E-state index in [1.807, 2.05) is 18.2 Å². The highest BCUT2D eigenvalue weighted by molar-refractivity contribution is 7.90. The average Bonchev–Trinajstić information content (AvgIpc) is 3.15. The minimum atomic E-state index is -2.92. The number of benzene rings is 2. The third-order valence-electron chi connectivity index (χ3n) is 6.27. The number of carbonyl (C=O) groups excluding carboxylic acids is 1. The molecule has 3 heterocycles. The summed E-state index contributed by atoms with van der Waals surface area (Å²) in [6.45, 7) is 4.76. The Bertz CT molecular complexity index is 1240. The summed E-state index contributed by atoms with van der Waals surface area (Å²) in [7, 11) is -2.92. The van der Waals surface area contributed by atoms with E-state index in [1.54, 1.807) is 0 Å². The van der Waals surface area contributed by atoms with E-state index < -0.39 is 9.84 Å².